The van der Waals surface area contributed by atoms with Gasteiger partial charge in [0.2, 0.25) is 0 Å². The lowest BCUT2D eigenvalue weighted by Crippen LogP contribution is -1.93. The van der Waals surface area contributed by atoms with Crippen LogP contribution in [0.3, 0.4) is 0 Å². The molecule has 94 valence electrons. The SMILES string of the molecule is CC(C)c1cccc(Oc2ccccc2CO)c1. The summed E-state index contributed by atoms with van der Waals surface area (Å²) in [4.78, 5) is 0. The maximum absolute atomic E-state index is 9.26. The second-order valence-corrected chi connectivity index (χ2v) is 4.60. The van der Waals surface area contributed by atoms with E-state index in [9.17, 15) is 5.11 Å². The van der Waals surface area contributed by atoms with Crippen LogP contribution in [0.15, 0.2) is 48.5 Å². The van der Waals surface area contributed by atoms with Gasteiger partial charge >= 0.3 is 0 Å². The third kappa shape index (κ3) is 2.90. The van der Waals surface area contributed by atoms with Crippen molar-refractivity contribution >= 4 is 0 Å². The summed E-state index contributed by atoms with van der Waals surface area (Å²) in [5, 5.41) is 9.26. The van der Waals surface area contributed by atoms with Crippen molar-refractivity contribution in [2.24, 2.45) is 0 Å². The number of hydrogen-bond acceptors (Lipinski definition) is 2. The molecule has 18 heavy (non-hydrogen) atoms. The first-order valence-corrected chi connectivity index (χ1v) is 6.17. The van der Waals surface area contributed by atoms with Crippen LogP contribution < -0.4 is 4.74 Å². The third-order valence-corrected chi connectivity index (χ3v) is 2.90. The molecule has 0 bridgehead atoms. The van der Waals surface area contributed by atoms with Crippen LogP contribution in [0.25, 0.3) is 0 Å². The number of rotatable bonds is 4. The van der Waals surface area contributed by atoms with Crippen molar-refractivity contribution in [1.29, 1.82) is 0 Å². The molecule has 0 aliphatic rings. The van der Waals surface area contributed by atoms with E-state index < -0.39 is 0 Å². The average Bonchev–Trinajstić information content (AvgIpc) is 2.39. The Morgan fingerprint density at radius 2 is 1.83 bits per heavy atom. The topological polar surface area (TPSA) is 29.5 Å². The Hall–Kier alpha value is -1.80. The zero-order valence-corrected chi connectivity index (χ0v) is 10.8. The van der Waals surface area contributed by atoms with Gasteiger partial charge in [-0.15, -0.1) is 0 Å². The normalized spacial score (nSPS) is 10.7. The van der Waals surface area contributed by atoms with Crippen LogP contribution in [0, 0.1) is 0 Å². The molecule has 0 aliphatic carbocycles. The molecule has 2 nitrogen and oxygen atoms in total. The first-order chi connectivity index (χ1) is 8.70. The molecule has 0 aromatic heterocycles. The summed E-state index contributed by atoms with van der Waals surface area (Å²) in [6, 6.07) is 15.6. The first-order valence-electron chi connectivity index (χ1n) is 6.17. The minimum atomic E-state index is -0.0138. The lowest BCUT2D eigenvalue weighted by molar-refractivity contribution is 0.276. The third-order valence-electron chi connectivity index (χ3n) is 2.90. The van der Waals surface area contributed by atoms with Gasteiger partial charge in [-0.25, -0.2) is 0 Å². The van der Waals surface area contributed by atoms with Crippen LogP contribution in [-0.4, -0.2) is 5.11 Å². The lowest BCUT2D eigenvalue weighted by atomic mass is 10.0. The predicted octanol–water partition coefficient (Wildman–Crippen LogP) is 4.09. The molecule has 2 heteroatoms. The van der Waals surface area contributed by atoms with E-state index in [4.69, 9.17) is 4.74 Å². The van der Waals surface area contributed by atoms with E-state index in [1.165, 1.54) is 5.56 Å². The highest BCUT2D eigenvalue weighted by Gasteiger charge is 2.05. The van der Waals surface area contributed by atoms with E-state index in [2.05, 4.69) is 19.9 Å². The molecule has 0 amide bonds. The van der Waals surface area contributed by atoms with E-state index in [0.717, 1.165) is 11.3 Å². The van der Waals surface area contributed by atoms with Crippen molar-refractivity contribution in [1.82, 2.24) is 0 Å². The van der Waals surface area contributed by atoms with Crippen molar-refractivity contribution in [3.05, 3.63) is 59.7 Å². The van der Waals surface area contributed by atoms with E-state index in [1.54, 1.807) is 0 Å². The van der Waals surface area contributed by atoms with Gasteiger partial charge in [-0.05, 0) is 29.7 Å². The van der Waals surface area contributed by atoms with Crippen molar-refractivity contribution in [3.63, 3.8) is 0 Å². The number of ether oxygens (including phenoxy) is 1. The monoisotopic (exact) mass is 242 g/mol. The highest BCUT2D eigenvalue weighted by Crippen LogP contribution is 2.27. The first kappa shape index (κ1) is 12.7. The zero-order valence-electron chi connectivity index (χ0n) is 10.8. The van der Waals surface area contributed by atoms with E-state index in [-0.39, 0.29) is 6.61 Å². The molecule has 0 spiro atoms. The smallest absolute Gasteiger partial charge is 0.132 e. The summed E-state index contributed by atoms with van der Waals surface area (Å²) < 4.78 is 5.83. The summed E-state index contributed by atoms with van der Waals surface area (Å²) in [5.74, 6) is 1.99. The van der Waals surface area contributed by atoms with Crippen molar-refractivity contribution < 1.29 is 9.84 Å². The molecule has 2 aromatic carbocycles. The molecule has 2 aromatic rings. The Bertz CT molecular complexity index is 518. The standard InChI is InChI=1S/C16H18O2/c1-12(2)13-7-5-8-15(10-13)18-16-9-4-3-6-14(16)11-17/h3-10,12,17H,11H2,1-2H3. The van der Waals surface area contributed by atoms with Crippen LogP contribution in [-0.2, 0) is 6.61 Å². The van der Waals surface area contributed by atoms with Crippen molar-refractivity contribution in [3.8, 4) is 11.5 Å². The van der Waals surface area contributed by atoms with Gasteiger partial charge in [-0.1, -0.05) is 44.2 Å². The molecule has 0 fully saturated rings. The molecule has 0 saturated heterocycles. The Morgan fingerprint density at radius 3 is 2.56 bits per heavy atom. The summed E-state index contributed by atoms with van der Waals surface area (Å²) >= 11 is 0. The fourth-order valence-electron chi connectivity index (χ4n) is 1.80. The number of aliphatic hydroxyl groups is 1. The Morgan fingerprint density at radius 1 is 1.06 bits per heavy atom. The minimum Gasteiger partial charge on any atom is -0.457 e. The van der Waals surface area contributed by atoms with Crippen LogP contribution in [0.1, 0.15) is 30.9 Å². The van der Waals surface area contributed by atoms with Gasteiger partial charge in [-0.2, -0.15) is 0 Å². The number of aliphatic hydroxyl groups excluding tert-OH is 1. The van der Waals surface area contributed by atoms with Crippen molar-refractivity contribution in [2.75, 3.05) is 0 Å². The minimum absolute atomic E-state index is 0.0138. The Labute approximate surface area is 108 Å². The van der Waals surface area contributed by atoms with E-state index >= 15 is 0 Å². The second kappa shape index (κ2) is 5.69. The van der Waals surface area contributed by atoms with Crippen LogP contribution in [0.2, 0.25) is 0 Å². The molecule has 0 saturated carbocycles. The van der Waals surface area contributed by atoms with Crippen molar-refractivity contribution in [2.45, 2.75) is 26.4 Å². The van der Waals surface area contributed by atoms with Gasteiger partial charge in [0, 0.05) is 5.56 Å². The molecule has 1 N–H and O–H groups in total. The summed E-state index contributed by atoms with van der Waals surface area (Å²) in [6.45, 7) is 4.29. The Kier molecular flexibility index (Phi) is 4.00. The highest BCUT2D eigenvalue weighted by molar-refractivity contribution is 5.39. The largest absolute Gasteiger partial charge is 0.457 e. The molecule has 0 radical (unpaired) electrons. The molecular formula is C16H18O2. The van der Waals surface area contributed by atoms with Crippen LogP contribution in [0.4, 0.5) is 0 Å². The van der Waals surface area contributed by atoms with Gasteiger partial charge in [0.15, 0.2) is 0 Å². The van der Waals surface area contributed by atoms with Gasteiger partial charge < -0.3 is 9.84 Å². The molecular weight excluding hydrogens is 224 g/mol. The number of hydrogen-bond donors (Lipinski definition) is 1. The average molecular weight is 242 g/mol. The van der Waals surface area contributed by atoms with Gasteiger partial charge in [0.25, 0.3) is 0 Å². The second-order valence-electron chi connectivity index (χ2n) is 4.60. The summed E-state index contributed by atoms with van der Waals surface area (Å²) in [7, 11) is 0. The maximum Gasteiger partial charge on any atom is 0.132 e. The van der Waals surface area contributed by atoms with Gasteiger partial charge in [0.1, 0.15) is 11.5 Å². The maximum atomic E-state index is 9.26. The van der Waals surface area contributed by atoms with E-state index in [0.29, 0.717) is 11.7 Å². The Balaban J connectivity index is 2.25. The van der Waals surface area contributed by atoms with Crippen LogP contribution >= 0.6 is 0 Å². The lowest BCUT2D eigenvalue weighted by Gasteiger charge is -2.11. The molecule has 0 aliphatic heterocycles. The zero-order chi connectivity index (χ0) is 13.0. The molecule has 0 atom stereocenters. The fraction of sp³-hybridized carbons (Fsp3) is 0.250. The predicted molar refractivity (Wildman–Crippen MR) is 73.0 cm³/mol. The number of benzene rings is 2. The van der Waals surface area contributed by atoms with Crippen LogP contribution in [0.5, 0.6) is 11.5 Å². The fourth-order valence-corrected chi connectivity index (χ4v) is 1.80. The molecule has 0 unspecified atom stereocenters. The van der Waals surface area contributed by atoms with Gasteiger partial charge in [0.05, 0.1) is 6.61 Å². The molecule has 2 rings (SSSR count). The van der Waals surface area contributed by atoms with E-state index in [1.807, 2.05) is 42.5 Å². The quantitative estimate of drug-likeness (QED) is 0.874. The van der Waals surface area contributed by atoms with Gasteiger partial charge in [-0.3, -0.25) is 0 Å². The number of para-hydroxylation sites is 1. The highest BCUT2D eigenvalue weighted by atomic mass is 16.5. The summed E-state index contributed by atoms with van der Waals surface area (Å²) in [6.07, 6.45) is 0. The molecule has 0 heterocycles. The summed E-state index contributed by atoms with van der Waals surface area (Å²) in [5.41, 5.74) is 2.04.